The molecule has 1 rings (SSSR count). The normalized spacial score (nSPS) is 11.2. The molecular weight excluding hydrogens is 172 g/mol. The Morgan fingerprint density at radius 2 is 1.86 bits per heavy atom. The fourth-order valence-electron chi connectivity index (χ4n) is 2.01. The molecular formula is C13H22O. The van der Waals surface area contributed by atoms with Gasteiger partial charge >= 0.3 is 0 Å². The summed E-state index contributed by atoms with van der Waals surface area (Å²) in [6, 6.07) is 0. The van der Waals surface area contributed by atoms with Crippen LogP contribution in [-0.4, -0.2) is 0 Å². The molecule has 0 N–H and O–H groups in total. The van der Waals surface area contributed by atoms with Crippen LogP contribution >= 0.6 is 0 Å². The van der Waals surface area contributed by atoms with E-state index in [2.05, 4.69) is 27.7 Å². The molecule has 0 saturated carbocycles. The molecule has 1 aromatic heterocycles. The van der Waals surface area contributed by atoms with E-state index in [0.29, 0.717) is 0 Å². The van der Waals surface area contributed by atoms with E-state index in [9.17, 15) is 0 Å². The Kier molecular flexibility index (Phi) is 4.24. The summed E-state index contributed by atoms with van der Waals surface area (Å²) >= 11 is 0. The molecule has 0 unspecified atom stereocenters. The minimum Gasteiger partial charge on any atom is -0.469 e. The summed E-state index contributed by atoms with van der Waals surface area (Å²) in [6.45, 7) is 8.86. The first kappa shape index (κ1) is 11.4. The first-order chi connectivity index (χ1) is 6.72. The highest BCUT2D eigenvalue weighted by Crippen LogP contribution is 2.23. The van der Waals surface area contributed by atoms with Gasteiger partial charge in [-0.1, -0.05) is 33.6 Å². The predicted molar refractivity (Wildman–Crippen MR) is 60.6 cm³/mol. The highest BCUT2D eigenvalue weighted by atomic mass is 16.3. The van der Waals surface area contributed by atoms with E-state index >= 15 is 0 Å². The van der Waals surface area contributed by atoms with Crippen LogP contribution < -0.4 is 0 Å². The number of rotatable bonds is 5. The SMILES string of the molecule is CCc1c(C)coc1CC(CC)CC. The molecule has 1 aromatic rings. The third-order valence-electron chi connectivity index (χ3n) is 3.17. The van der Waals surface area contributed by atoms with Crippen molar-refractivity contribution in [2.75, 3.05) is 0 Å². The zero-order chi connectivity index (χ0) is 10.6. The largest absolute Gasteiger partial charge is 0.469 e. The Hall–Kier alpha value is -0.720. The number of aryl methyl sites for hydroxylation is 1. The molecule has 0 aromatic carbocycles. The van der Waals surface area contributed by atoms with Crippen molar-refractivity contribution >= 4 is 0 Å². The minimum absolute atomic E-state index is 0.783. The van der Waals surface area contributed by atoms with Gasteiger partial charge < -0.3 is 4.42 Å². The lowest BCUT2D eigenvalue weighted by Crippen LogP contribution is -2.02. The summed E-state index contributed by atoms with van der Waals surface area (Å²) in [4.78, 5) is 0. The van der Waals surface area contributed by atoms with Crippen LogP contribution in [0.3, 0.4) is 0 Å². The molecule has 80 valence electrons. The van der Waals surface area contributed by atoms with E-state index in [1.807, 2.05) is 6.26 Å². The van der Waals surface area contributed by atoms with E-state index in [4.69, 9.17) is 4.42 Å². The van der Waals surface area contributed by atoms with E-state index in [0.717, 1.165) is 18.8 Å². The van der Waals surface area contributed by atoms with Gasteiger partial charge in [-0.15, -0.1) is 0 Å². The van der Waals surface area contributed by atoms with Crippen LogP contribution in [0.15, 0.2) is 10.7 Å². The van der Waals surface area contributed by atoms with Gasteiger partial charge in [0.05, 0.1) is 6.26 Å². The quantitative estimate of drug-likeness (QED) is 0.687. The molecule has 14 heavy (non-hydrogen) atoms. The van der Waals surface area contributed by atoms with Gasteiger partial charge in [0.2, 0.25) is 0 Å². The lowest BCUT2D eigenvalue weighted by atomic mass is 9.95. The third kappa shape index (κ3) is 2.40. The second-order valence-corrected chi connectivity index (χ2v) is 4.06. The smallest absolute Gasteiger partial charge is 0.107 e. The first-order valence-corrected chi connectivity index (χ1v) is 5.78. The summed E-state index contributed by atoms with van der Waals surface area (Å²) in [5.41, 5.74) is 2.74. The van der Waals surface area contributed by atoms with E-state index in [1.165, 1.54) is 29.7 Å². The highest BCUT2D eigenvalue weighted by Gasteiger charge is 2.13. The molecule has 0 bridgehead atoms. The Labute approximate surface area is 87.5 Å². The number of hydrogen-bond donors (Lipinski definition) is 0. The van der Waals surface area contributed by atoms with Crippen molar-refractivity contribution in [1.29, 1.82) is 0 Å². The van der Waals surface area contributed by atoms with Crippen molar-refractivity contribution in [3.63, 3.8) is 0 Å². The second-order valence-electron chi connectivity index (χ2n) is 4.06. The molecule has 0 fully saturated rings. The van der Waals surface area contributed by atoms with Crippen LogP contribution in [0.5, 0.6) is 0 Å². The molecule has 0 aliphatic rings. The van der Waals surface area contributed by atoms with Gasteiger partial charge in [0.25, 0.3) is 0 Å². The fourth-order valence-corrected chi connectivity index (χ4v) is 2.01. The van der Waals surface area contributed by atoms with Crippen LogP contribution in [0.4, 0.5) is 0 Å². The molecule has 1 heteroatoms. The standard InChI is InChI=1S/C13H22O/c1-5-11(6-2)8-13-12(7-3)10(4)9-14-13/h9,11H,5-8H2,1-4H3. The van der Waals surface area contributed by atoms with Crippen molar-refractivity contribution in [3.8, 4) is 0 Å². The van der Waals surface area contributed by atoms with Crippen LogP contribution in [-0.2, 0) is 12.8 Å². The van der Waals surface area contributed by atoms with Crippen LogP contribution in [0.2, 0.25) is 0 Å². The van der Waals surface area contributed by atoms with Crippen molar-refractivity contribution in [2.24, 2.45) is 5.92 Å². The average molecular weight is 194 g/mol. The Bertz CT molecular complexity index is 269. The maximum Gasteiger partial charge on any atom is 0.107 e. The molecule has 1 nitrogen and oxygen atoms in total. The zero-order valence-corrected chi connectivity index (χ0v) is 9.89. The van der Waals surface area contributed by atoms with Gasteiger partial charge in [-0.25, -0.2) is 0 Å². The number of furan rings is 1. The van der Waals surface area contributed by atoms with Gasteiger partial charge in [0.1, 0.15) is 5.76 Å². The Morgan fingerprint density at radius 1 is 1.21 bits per heavy atom. The summed E-state index contributed by atoms with van der Waals surface area (Å²) in [5.74, 6) is 2.00. The van der Waals surface area contributed by atoms with Crippen molar-refractivity contribution in [1.82, 2.24) is 0 Å². The molecule has 0 aliphatic carbocycles. The summed E-state index contributed by atoms with van der Waals surface area (Å²) < 4.78 is 5.62. The Balaban J connectivity index is 2.74. The van der Waals surface area contributed by atoms with Gasteiger partial charge in [0, 0.05) is 6.42 Å². The molecule has 0 radical (unpaired) electrons. The van der Waals surface area contributed by atoms with E-state index in [1.54, 1.807) is 0 Å². The average Bonchev–Trinajstić information content (AvgIpc) is 2.55. The van der Waals surface area contributed by atoms with E-state index < -0.39 is 0 Å². The molecule has 1 heterocycles. The van der Waals surface area contributed by atoms with Gasteiger partial charge in [-0.2, -0.15) is 0 Å². The summed E-state index contributed by atoms with van der Waals surface area (Å²) in [7, 11) is 0. The molecule has 0 atom stereocenters. The predicted octanol–water partition coefficient (Wildman–Crippen LogP) is 4.13. The summed E-state index contributed by atoms with van der Waals surface area (Å²) in [6.07, 6.45) is 6.61. The van der Waals surface area contributed by atoms with Crippen LogP contribution in [0.1, 0.15) is 50.5 Å². The molecule has 0 saturated heterocycles. The van der Waals surface area contributed by atoms with Crippen LogP contribution in [0, 0.1) is 12.8 Å². The van der Waals surface area contributed by atoms with Crippen molar-refractivity contribution < 1.29 is 4.42 Å². The second kappa shape index (κ2) is 5.23. The Morgan fingerprint density at radius 3 is 2.36 bits per heavy atom. The number of hydrogen-bond acceptors (Lipinski definition) is 1. The topological polar surface area (TPSA) is 13.1 Å². The monoisotopic (exact) mass is 194 g/mol. The maximum absolute atomic E-state index is 5.62. The molecule has 0 spiro atoms. The highest BCUT2D eigenvalue weighted by molar-refractivity contribution is 5.27. The summed E-state index contributed by atoms with van der Waals surface area (Å²) in [5, 5.41) is 0. The van der Waals surface area contributed by atoms with Gasteiger partial charge in [-0.3, -0.25) is 0 Å². The lowest BCUT2D eigenvalue weighted by Gasteiger charge is -2.11. The van der Waals surface area contributed by atoms with Crippen molar-refractivity contribution in [3.05, 3.63) is 23.2 Å². The third-order valence-corrected chi connectivity index (χ3v) is 3.17. The molecule has 0 amide bonds. The van der Waals surface area contributed by atoms with Gasteiger partial charge in [0.15, 0.2) is 0 Å². The van der Waals surface area contributed by atoms with Gasteiger partial charge in [-0.05, 0) is 30.4 Å². The van der Waals surface area contributed by atoms with E-state index in [-0.39, 0.29) is 0 Å². The first-order valence-electron chi connectivity index (χ1n) is 5.78. The van der Waals surface area contributed by atoms with Crippen LogP contribution in [0.25, 0.3) is 0 Å². The maximum atomic E-state index is 5.62. The minimum atomic E-state index is 0.783. The zero-order valence-electron chi connectivity index (χ0n) is 9.89. The fraction of sp³-hybridized carbons (Fsp3) is 0.692. The lowest BCUT2D eigenvalue weighted by molar-refractivity contribution is 0.417. The molecule has 0 aliphatic heterocycles. The van der Waals surface area contributed by atoms with Crippen molar-refractivity contribution in [2.45, 2.75) is 53.4 Å².